The standard InChI is InChI=1S/C22H28N4O3/c1-4-24(5-2)21(27)17-9-8-10-18(23-17)22(28)26-15-13-25(14-16-26)19-11-6-7-12-20(19)29-3/h6-12H,4-5,13-16H2,1-3H3. The Morgan fingerprint density at radius 3 is 2.28 bits per heavy atom. The highest BCUT2D eigenvalue weighted by atomic mass is 16.5. The molecular formula is C22H28N4O3. The maximum atomic E-state index is 12.9. The molecule has 0 aliphatic carbocycles. The van der Waals surface area contributed by atoms with Crippen molar-refractivity contribution in [3.05, 3.63) is 53.9 Å². The molecule has 2 heterocycles. The Balaban J connectivity index is 1.68. The minimum Gasteiger partial charge on any atom is -0.495 e. The molecule has 0 spiro atoms. The molecule has 1 fully saturated rings. The van der Waals surface area contributed by atoms with Crippen molar-refractivity contribution < 1.29 is 14.3 Å². The summed E-state index contributed by atoms with van der Waals surface area (Å²) in [5.41, 5.74) is 1.66. The van der Waals surface area contributed by atoms with Gasteiger partial charge in [0.2, 0.25) is 0 Å². The molecule has 1 aromatic heterocycles. The van der Waals surface area contributed by atoms with Gasteiger partial charge in [-0.25, -0.2) is 4.98 Å². The van der Waals surface area contributed by atoms with Gasteiger partial charge in [0.15, 0.2) is 0 Å². The highest BCUT2D eigenvalue weighted by Crippen LogP contribution is 2.28. The van der Waals surface area contributed by atoms with Crippen molar-refractivity contribution in [3.8, 4) is 5.75 Å². The van der Waals surface area contributed by atoms with Crippen molar-refractivity contribution in [2.45, 2.75) is 13.8 Å². The number of hydrogen-bond donors (Lipinski definition) is 0. The Kier molecular flexibility index (Phi) is 6.69. The average molecular weight is 396 g/mol. The number of benzene rings is 1. The third-order valence-electron chi connectivity index (χ3n) is 5.23. The molecule has 154 valence electrons. The Labute approximate surface area is 171 Å². The van der Waals surface area contributed by atoms with Gasteiger partial charge in [-0.05, 0) is 38.1 Å². The summed E-state index contributed by atoms with van der Waals surface area (Å²) in [6, 6.07) is 13.0. The van der Waals surface area contributed by atoms with Gasteiger partial charge >= 0.3 is 0 Å². The van der Waals surface area contributed by atoms with E-state index in [0.717, 1.165) is 11.4 Å². The Hall–Kier alpha value is -3.09. The van der Waals surface area contributed by atoms with E-state index < -0.39 is 0 Å². The minimum absolute atomic E-state index is 0.140. The number of methoxy groups -OCH3 is 1. The molecule has 7 nitrogen and oxygen atoms in total. The van der Waals surface area contributed by atoms with E-state index in [1.807, 2.05) is 38.1 Å². The lowest BCUT2D eigenvalue weighted by Gasteiger charge is -2.36. The molecule has 0 N–H and O–H groups in total. The lowest BCUT2D eigenvalue weighted by Crippen LogP contribution is -2.49. The highest BCUT2D eigenvalue weighted by molar-refractivity contribution is 5.96. The van der Waals surface area contributed by atoms with Crippen molar-refractivity contribution in [2.75, 3.05) is 51.3 Å². The lowest BCUT2D eigenvalue weighted by molar-refractivity contribution is 0.0739. The third-order valence-corrected chi connectivity index (χ3v) is 5.23. The van der Waals surface area contributed by atoms with Crippen molar-refractivity contribution in [1.29, 1.82) is 0 Å². The van der Waals surface area contributed by atoms with Gasteiger partial charge in [0.05, 0.1) is 12.8 Å². The van der Waals surface area contributed by atoms with E-state index in [0.29, 0.717) is 50.7 Å². The molecule has 7 heteroatoms. The fourth-order valence-corrected chi connectivity index (χ4v) is 3.55. The van der Waals surface area contributed by atoms with Gasteiger partial charge in [-0.1, -0.05) is 18.2 Å². The van der Waals surface area contributed by atoms with E-state index >= 15 is 0 Å². The number of carbonyl (C=O) groups is 2. The predicted molar refractivity (Wildman–Crippen MR) is 113 cm³/mol. The normalized spacial score (nSPS) is 13.9. The first kappa shape index (κ1) is 20.6. The number of rotatable bonds is 6. The molecule has 2 amide bonds. The van der Waals surface area contributed by atoms with Crippen LogP contribution in [0.3, 0.4) is 0 Å². The Morgan fingerprint density at radius 1 is 0.966 bits per heavy atom. The van der Waals surface area contributed by atoms with Crippen LogP contribution in [0.25, 0.3) is 0 Å². The average Bonchev–Trinajstić information content (AvgIpc) is 2.79. The smallest absolute Gasteiger partial charge is 0.272 e. The van der Waals surface area contributed by atoms with Crippen LogP contribution in [0.4, 0.5) is 5.69 Å². The van der Waals surface area contributed by atoms with E-state index in [-0.39, 0.29) is 11.8 Å². The number of nitrogens with zero attached hydrogens (tertiary/aromatic N) is 4. The van der Waals surface area contributed by atoms with Crippen LogP contribution in [0.5, 0.6) is 5.75 Å². The maximum Gasteiger partial charge on any atom is 0.272 e. The quantitative estimate of drug-likeness (QED) is 0.751. The fourth-order valence-electron chi connectivity index (χ4n) is 3.55. The largest absolute Gasteiger partial charge is 0.495 e. The van der Waals surface area contributed by atoms with Crippen molar-refractivity contribution in [1.82, 2.24) is 14.8 Å². The summed E-state index contributed by atoms with van der Waals surface area (Å²) >= 11 is 0. The number of anilines is 1. The van der Waals surface area contributed by atoms with Crippen molar-refractivity contribution in [3.63, 3.8) is 0 Å². The van der Waals surface area contributed by atoms with Crippen LogP contribution in [-0.2, 0) is 0 Å². The summed E-state index contributed by atoms with van der Waals surface area (Å²) in [5.74, 6) is 0.543. The molecule has 0 saturated carbocycles. The van der Waals surface area contributed by atoms with E-state index in [9.17, 15) is 9.59 Å². The number of amides is 2. The van der Waals surface area contributed by atoms with Gasteiger partial charge in [-0.2, -0.15) is 0 Å². The lowest BCUT2D eigenvalue weighted by atomic mass is 10.2. The molecule has 0 atom stereocenters. The SMILES string of the molecule is CCN(CC)C(=O)c1cccc(C(=O)N2CCN(c3ccccc3OC)CC2)n1. The van der Waals surface area contributed by atoms with Gasteiger partial charge in [0.1, 0.15) is 17.1 Å². The Morgan fingerprint density at radius 2 is 1.62 bits per heavy atom. The molecule has 0 radical (unpaired) electrons. The van der Waals surface area contributed by atoms with Crippen LogP contribution >= 0.6 is 0 Å². The number of ether oxygens (including phenoxy) is 1. The summed E-state index contributed by atoms with van der Waals surface area (Å²) in [6.45, 7) is 7.68. The molecule has 1 saturated heterocycles. The van der Waals surface area contributed by atoms with Crippen molar-refractivity contribution in [2.24, 2.45) is 0 Å². The van der Waals surface area contributed by atoms with Gasteiger partial charge in [0.25, 0.3) is 11.8 Å². The number of carbonyl (C=O) groups excluding carboxylic acids is 2. The number of piperazine rings is 1. The highest BCUT2D eigenvalue weighted by Gasteiger charge is 2.25. The topological polar surface area (TPSA) is 66.0 Å². The van der Waals surface area contributed by atoms with Gasteiger partial charge in [-0.15, -0.1) is 0 Å². The third kappa shape index (κ3) is 4.50. The van der Waals surface area contributed by atoms with Crippen LogP contribution < -0.4 is 9.64 Å². The predicted octanol–water partition coefficient (Wildman–Crippen LogP) is 2.53. The number of aromatic nitrogens is 1. The number of hydrogen-bond acceptors (Lipinski definition) is 5. The molecule has 29 heavy (non-hydrogen) atoms. The van der Waals surface area contributed by atoms with Gasteiger partial charge < -0.3 is 19.4 Å². The Bertz CT molecular complexity index is 859. The first-order chi connectivity index (χ1) is 14.1. The first-order valence-electron chi connectivity index (χ1n) is 10.0. The van der Waals surface area contributed by atoms with Gasteiger partial charge in [0, 0.05) is 39.3 Å². The van der Waals surface area contributed by atoms with Crippen LogP contribution in [-0.4, -0.2) is 73.0 Å². The van der Waals surface area contributed by atoms with Crippen LogP contribution in [0.2, 0.25) is 0 Å². The van der Waals surface area contributed by atoms with Crippen LogP contribution in [0.1, 0.15) is 34.8 Å². The molecule has 3 rings (SSSR count). The summed E-state index contributed by atoms with van der Waals surface area (Å²) in [4.78, 5) is 35.5. The van der Waals surface area contributed by atoms with E-state index in [4.69, 9.17) is 4.74 Å². The molecule has 1 aliphatic rings. The minimum atomic E-state index is -0.148. The summed E-state index contributed by atoms with van der Waals surface area (Å²) in [5, 5.41) is 0. The molecule has 1 aliphatic heterocycles. The van der Waals surface area contributed by atoms with Crippen LogP contribution in [0.15, 0.2) is 42.5 Å². The van der Waals surface area contributed by atoms with E-state index in [1.165, 1.54) is 0 Å². The molecule has 2 aromatic rings. The van der Waals surface area contributed by atoms with Crippen molar-refractivity contribution >= 4 is 17.5 Å². The molecule has 1 aromatic carbocycles. The second-order valence-corrected chi connectivity index (χ2v) is 6.84. The molecule has 0 unspecified atom stereocenters. The van der Waals surface area contributed by atoms with E-state index in [1.54, 1.807) is 35.1 Å². The van der Waals surface area contributed by atoms with E-state index in [2.05, 4.69) is 9.88 Å². The zero-order chi connectivity index (χ0) is 20.8. The second kappa shape index (κ2) is 9.41. The summed E-state index contributed by atoms with van der Waals surface area (Å²) < 4.78 is 5.45. The van der Waals surface area contributed by atoms with Crippen LogP contribution in [0, 0.1) is 0 Å². The fraction of sp³-hybridized carbons (Fsp3) is 0.409. The van der Waals surface area contributed by atoms with Gasteiger partial charge in [-0.3, -0.25) is 9.59 Å². The maximum absolute atomic E-state index is 12.9. The zero-order valence-electron chi connectivity index (χ0n) is 17.3. The summed E-state index contributed by atoms with van der Waals surface area (Å²) in [7, 11) is 1.66. The molecule has 0 bridgehead atoms. The second-order valence-electron chi connectivity index (χ2n) is 6.84. The zero-order valence-corrected chi connectivity index (χ0v) is 17.3. The number of pyridine rings is 1. The monoisotopic (exact) mass is 396 g/mol. The first-order valence-corrected chi connectivity index (χ1v) is 10.0. The number of para-hydroxylation sites is 2. The summed E-state index contributed by atoms with van der Waals surface area (Å²) in [6.07, 6.45) is 0. The molecular weight excluding hydrogens is 368 g/mol.